The Labute approximate surface area is 306 Å². The maximum absolute atomic E-state index is 5.61. The Bertz CT molecular complexity index is 3050. The van der Waals surface area contributed by atoms with Gasteiger partial charge in [-0.3, -0.25) is 0 Å². The second kappa shape index (κ2) is 11.7. The topological polar surface area (TPSA) is 13.1 Å². The van der Waals surface area contributed by atoms with Gasteiger partial charge in [0.2, 0.25) is 0 Å². The van der Waals surface area contributed by atoms with Gasteiger partial charge < -0.3 is 0 Å². The molecule has 0 spiro atoms. The first kappa shape index (κ1) is 29.5. The van der Waals surface area contributed by atoms with E-state index >= 15 is 0 Å². The fourth-order valence-corrected chi connectivity index (χ4v) is 11.0. The molecule has 0 atom stereocenters. The molecular formula is C50H30OSe. The molecule has 0 fully saturated rings. The molecule has 2 heterocycles. The van der Waals surface area contributed by atoms with Crippen molar-refractivity contribution in [3.05, 3.63) is 182 Å². The SMILES string of the molecule is c1ccc(-c2c3ccccc3c(-c3ccc4[se]c5cccc(-c6c7ccccc7c(-c7ccoc7)c7ccccc67)c5c4c3)c3ccccc23)cc1. The summed E-state index contributed by atoms with van der Waals surface area (Å²) in [6.07, 6.45) is 3.64. The third kappa shape index (κ3) is 4.36. The zero-order valence-corrected chi connectivity index (χ0v) is 29.9. The second-order valence-corrected chi connectivity index (χ2v) is 15.8. The Balaban J connectivity index is 1.23. The first-order valence-electron chi connectivity index (χ1n) is 17.7. The predicted molar refractivity (Wildman–Crippen MR) is 222 cm³/mol. The van der Waals surface area contributed by atoms with Gasteiger partial charge in [0.1, 0.15) is 0 Å². The molecule has 0 aliphatic rings. The van der Waals surface area contributed by atoms with Crippen LogP contribution in [-0.4, -0.2) is 14.5 Å². The van der Waals surface area contributed by atoms with Crippen LogP contribution in [0.4, 0.5) is 0 Å². The van der Waals surface area contributed by atoms with Crippen LogP contribution in [0, 0.1) is 0 Å². The van der Waals surface area contributed by atoms with Crippen LogP contribution < -0.4 is 0 Å². The van der Waals surface area contributed by atoms with Crippen molar-refractivity contribution >= 4 is 76.9 Å². The van der Waals surface area contributed by atoms with Gasteiger partial charge >= 0.3 is 308 Å². The van der Waals surface area contributed by atoms with Crippen molar-refractivity contribution in [1.82, 2.24) is 0 Å². The molecule has 11 aromatic rings. The molecular weight excluding hydrogens is 696 g/mol. The van der Waals surface area contributed by atoms with Gasteiger partial charge in [-0.2, -0.15) is 0 Å². The van der Waals surface area contributed by atoms with Gasteiger partial charge in [0.05, 0.1) is 0 Å². The monoisotopic (exact) mass is 726 g/mol. The number of benzene rings is 9. The molecule has 2 heteroatoms. The van der Waals surface area contributed by atoms with Crippen molar-refractivity contribution in [3.8, 4) is 44.5 Å². The number of fused-ring (bicyclic) bond motifs is 7. The van der Waals surface area contributed by atoms with Crippen molar-refractivity contribution < 1.29 is 4.42 Å². The van der Waals surface area contributed by atoms with Gasteiger partial charge in [0.25, 0.3) is 0 Å². The fourth-order valence-electron chi connectivity index (χ4n) is 8.68. The fraction of sp³-hybridized carbons (Fsp3) is 0. The van der Waals surface area contributed by atoms with E-state index in [1.807, 2.05) is 6.26 Å². The summed E-state index contributed by atoms with van der Waals surface area (Å²) in [6, 6.07) is 62.8. The van der Waals surface area contributed by atoms with Crippen molar-refractivity contribution in [1.29, 1.82) is 0 Å². The summed E-state index contributed by atoms with van der Waals surface area (Å²) in [5.74, 6) is 0. The quantitative estimate of drug-likeness (QED) is 0.130. The van der Waals surface area contributed by atoms with E-state index in [0.29, 0.717) is 0 Å². The first-order valence-corrected chi connectivity index (χ1v) is 19.5. The third-order valence-electron chi connectivity index (χ3n) is 10.8. The minimum atomic E-state index is 0.211. The van der Waals surface area contributed by atoms with E-state index < -0.39 is 0 Å². The molecule has 0 aliphatic heterocycles. The van der Waals surface area contributed by atoms with Crippen molar-refractivity contribution in [3.63, 3.8) is 0 Å². The van der Waals surface area contributed by atoms with E-state index in [4.69, 9.17) is 4.42 Å². The molecule has 2 aromatic heterocycles. The molecule has 11 rings (SSSR count). The van der Waals surface area contributed by atoms with Crippen LogP contribution in [0.1, 0.15) is 0 Å². The Morgan fingerprint density at radius 3 is 1.37 bits per heavy atom. The van der Waals surface area contributed by atoms with Crippen molar-refractivity contribution in [2.24, 2.45) is 0 Å². The summed E-state index contributed by atoms with van der Waals surface area (Å²) in [5.41, 5.74) is 10.0. The van der Waals surface area contributed by atoms with Gasteiger partial charge in [-0.15, -0.1) is 0 Å². The van der Waals surface area contributed by atoms with E-state index in [2.05, 4.69) is 170 Å². The van der Waals surface area contributed by atoms with E-state index in [-0.39, 0.29) is 14.5 Å². The molecule has 9 aromatic carbocycles. The van der Waals surface area contributed by atoms with Gasteiger partial charge in [0, 0.05) is 0 Å². The van der Waals surface area contributed by atoms with Gasteiger partial charge in [-0.1, -0.05) is 0 Å². The van der Waals surface area contributed by atoms with Crippen LogP contribution in [-0.2, 0) is 0 Å². The predicted octanol–water partition coefficient (Wildman–Crippen LogP) is 13.9. The Morgan fingerprint density at radius 2 is 0.827 bits per heavy atom. The van der Waals surface area contributed by atoms with Crippen LogP contribution in [0.5, 0.6) is 0 Å². The van der Waals surface area contributed by atoms with Gasteiger partial charge in [-0.25, -0.2) is 0 Å². The second-order valence-electron chi connectivity index (χ2n) is 13.6. The third-order valence-corrected chi connectivity index (χ3v) is 13.2. The molecule has 0 N–H and O–H groups in total. The van der Waals surface area contributed by atoms with Crippen LogP contribution in [0.25, 0.3) is 107 Å². The van der Waals surface area contributed by atoms with Crippen molar-refractivity contribution in [2.45, 2.75) is 0 Å². The Morgan fingerprint density at radius 1 is 0.327 bits per heavy atom. The summed E-state index contributed by atoms with van der Waals surface area (Å²) in [6.45, 7) is 0. The molecule has 0 saturated carbocycles. The van der Waals surface area contributed by atoms with Crippen LogP contribution in [0.3, 0.4) is 0 Å². The molecule has 0 radical (unpaired) electrons. The Kier molecular flexibility index (Phi) is 6.64. The zero-order valence-electron chi connectivity index (χ0n) is 28.1. The van der Waals surface area contributed by atoms with Crippen LogP contribution in [0.2, 0.25) is 0 Å². The summed E-state index contributed by atoms with van der Waals surface area (Å²) in [5, 5.41) is 12.9. The van der Waals surface area contributed by atoms with Crippen molar-refractivity contribution in [2.75, 3.05) is 0 Å². The van der Waals surface area contributed by atoms with Crippen LogP contribution in [0.15, 0.2) is 187 Å². The molecule has 0 saturated heterocycles. The molecule has 1 nitrogen and oxygen atoms in total. The number of rotatable bonds is 4. The van der Waals surface area contributed by atoms with E-state index in [1.54, 1.807) is 6.26 Å². The van der Waals surface area contributed by atoms with Gasteiger partial charge in [0.15, 0.2) is 0 Å². The van der Waals surface area contributed by atoms with Gasteiger partial charge in [-0.05, 0) is 0 Å². The minimum absolute atomic E-state index is 0.211. The average Bonchev–Trinajstić information content (AvgIpc) is 3.88. The normalized spacial score (nSPS) is 11.8. The maximum atomic E-state index is 5.61. The van der Waals surface area contributed by atoms with E-state index in [1.165, 1.54) is 101 Å². The standard InChI is InChI=1S/C50H30OSe/c1-2-13-31(14-3-1)46-34-15-4-6-17-36(34)47(37-18-7-5-16-35(37)46)32-25-26-44-43(29-32)50-42(23-12-24-45(50)52-44)49-40-21-10-8-19-38(40)48(33-27-28-51-30-33)39-20-9-11-22-41(39)49/h1-30H. The summed E-state index contributed by atoms with van der Waals surface area (Å²) in [4.78, 5) is 0. The molecule has 0 amide bonds. The summed E-state index contributed by atoms with van der Waals surface area (Å²) >= 11 is 0.211. The first-order chi connectivity index (χ1) is 25.8. The molecule has 0 unspecified atom stereocenters. The molecule has 242 valence electrons. The summed E-state index contributed by atoms with van der Waals surface area (Å²) in [7, 11) is 0. The average molecular weight is 726 g/mol. The zero-order chi connectivity index (χ0) is 34.2. The molecule has 0 aliphatic carbocycles. The number of hydrogen-bond acceptors (Lipinski definition) is 1. The number of hydrogen-bond donors (Lipinski definition) is 0. The van der Waals surface area contributed by atoms with E-state index in [0.717, 1.165) is 5.56 Å². The van der Waals surface area contributed by atoms with E-state index in [9.17, 15) is 0 Å². The molecule has 52 heavy (non-hydrogen) atoms. The number of furan rings is 1. The Hall–Kier alpha value is -6.18. The van der Waals surface area contributed by atoms with Crippen LogP contribution >= 0.6 is 0 Å². The molecule has 0 bridgehead atoms. The summed E-state index contributed by atoms with van der Waals surface area (Å²) < 4.78 is 8.50.